The van der Waals surface area contributed by atoms with Gasteiger partial charge in [0, 0.05) is 40.5 Å². The van der Waals surface area contributed by atoms with Crippen LogP contribution >= 0.6 is 11.8 Å². The van der Waals surface area contributed by atoms with Crippen LogP contribution in [-0.4, -0.2) is 92.5 Å². The van der Waals surface area contributed by atoms with Crippen LogP contribution in [0.2, 0.25) is 0 Å². The third-order valence-corrected chi connectivity index (χ3v) is 20.9. The van der Waals surface area contributed by atoms with Crippen molar-refractivity contribution in [1.82, 2.24) is 10.3 Å². The summed E-state index contributed by atoms with van der Waals surface area (Å²) in [5.41, 5.74) is -0.863. The van der Waals surface area contributed by atoms with E-state index in [9.17, 15) is 34.2 Å². The van der Waals surface area contributed by atoms with Crippen molar-refractivity contribution in [2.45, 2.75) is 251 Å². The molecule has 4 saturated carbocycles. The number of esters is 3. The Kier molecular flexibility index (Phi) is 22.4. The number of hydrogen-bond donors (Lipinski definition) is 5. The normalized spacial score (nSPS) is 25.9. The average molecular weight is 1220 g/mol. The van der Waals surface area contributed by atoms with Gasteiger partial charge in [-0.2, -0.15) is 0 Å². The van der Waals surface area contributed by atoms with Crippen molar-refractivity contribution < 1.29 is 58.0 Å². The quantitative estimate of drug-likeness (QED) is 0.0555. The first-order valence-electron chi connectivity index (χ1n) is 32.3. The standard InChI is InChI=1S/C69H108N4O12S/c1-20-69(18,19)63(82)83-31-32-86-38(2)57(74)72-55-51(60(79)84-53-43(64(3,4)5)33-41(58(75)76)34-44(53)65(6,7)8)49(39-27-23-21-24-28-39)47(70-55)37-48-50(40-29-25-22-26-30-40)52(56(71-48)73-62(81)68(15,16)17)61(80)85-54-45(66(9,10)11)35-42(59(77)78)36-46(54)67(12,13)14/h37-46,53-54,70H,20-36H2,1-19H3,(H,72,74)(H,75,76)(H,77,78)(H,71,73,81). The SMILES string of the molecule is CCC(C)(C)C(=O)OCCSC(C)C(=O)Nc1[nH]c(C=C2N=C(NC(=O)C(C)(C)C)C(C(=O)OC3C(C(C)(C)C)CC(C(=O)O)CC3C(C)(C)C)=C2C2CCCCC2)c(C2CCCCC2)c1C(=O)OC1C(C(C)(C)C)CC(C(=O)O)CC1C(C)(C)C. The number of hydrogen-bond acceptors (Lipinski definition) is 12. The number of carboxylic acids is 2. The third kappa shape index (κ3) is 16.9. The average Bonchev–Trinajstić information content (AvgIpc) is 1.42. The van der Waals surface area contributed by atoms with Crippen LogP contribution in [0.1, 0.15) is 255 Å². The number of amidine groups is 1. The highest BCUT2D eigenvalue weighted by atomic mass is 32.2. The van der Waals surface area contributed by atoms with Crippen LogP contribution in [0.25, 0.3) is 6.08 Å². The molecule has 17 heteroatoms. The highest BCUT2D eigenvalue weighted by molar-refractivity contribution is 8.00. The molecular formula is C69H108N4O12S. The number of aliphatic imine (C=N–C) groups is 1. The molecule has 5 N–H and O–H groups in total. The van der Waals surface area contributed by atoms with Crippen LogP contribution in [-0.2, 0) is 43.0 Å². The molecule has 0 spiro atoms. The number of carboxylic acid groups (broad SMARTS) is 2. The molecule has 4 aliphatic carbocycles. The molecule has 0 radical (unpaired) electrons. The van der Waals surface area contributed by atoms with Crippen LogP contribution in [0.5, 0.6) is 0 Å². The number of nitrogens with one attached hydrogen (secondary N) is 3. The van der Waals surface area contributed by atoms with E-state index in [4.69, 9.17) is 19.2 Å². The Balaban J connectivity index is 1.60. The Hall–Kier alpha value is -4.93. The second kappa shape index (κ2) is 27.4. The molecule has 6 rings (SSSR count). The third-order valence-electron chi connectivity index (χ3n) is 19.8. The van der Waals surface area contributed by atoms with Crippen molar-refractivity contribution in [3.8, 4) is 0 Å². The van der Waals surface area contributed by atoms with E-state index in [0.29, 0.717) is 60.4 Å². The van der Waals surface area contributed by atoms with Gasteiger partial charge in [0.1, 0.15) is 41.6 Å². The van der Waals surface area contributed by atoms with Gasteiger partial charge >= 0.3 is 29.8 Å². The van der Waals surface area contributed by atoms with Crippen molar-refractivity contribution >= 4 is 71.2 Å². The van der Waals surface area contributed by atoms with Gasteiger partial charge in [-0.3, -0.25) is 24.0 Å². The summed E-state index contributed by atoms with van der Waals surface area (Å²) in [6.07, 6.45) is 10.9. The molecule has 0 bridgehead atoms. The fourth-order valence-corrected chi connectivity index (χ4v) is 14.6. The molecule has 1 aromatic rings. The second-order valence-corrected chi connectivity index (χ2v) is 33.3. The van der Waals surface area contributed by atoms with Gasteiger partial charge in [0.05, 0.1) is 28.2 Å². The van der Waals surface area contributed by atoms with Crippen LogP contribution in [0, 0.1) is 73.9 Å². The maximum Gasteiger partial charge on any atom is 0.342 e. The molecule has 5 atom stereocenters. The van der Waals surface area contributed by atoms with Crippen LogP contribution in [0.3, 0.4) is 0 Å². The van der Waals surface area contributed by atoms with Gasteiger partial charge < -0.3 is 40.0 Å². The van der Waals surface area contributed by atoms with Crippen molar-refractivity contribution in [1.29, 1.82) is 0 Å². The molecule has 0 aromatic carbocycles. The summed E-state index contributed by atoms with van der Waals surface area (Å²) in [6.45, 7) is 37.6. The van der Waals surface area contributed by atoms with Crippen LogP contribution in [0.4, 0.5) is 5.82 Å². The molecule has 86 heavy (non-hydrogen) atoms. The van der Waals surface area contributed by atoms with E-state index in [2.05, 4.69) is 98.7 Å². The smallest absolute Gasteiger partial charge is 0.342 e. The molecule has 5 aliphatic rings. The van der Waals surface area contributed by atoms with Gasteiger partial charge in [-0.1, -0.05) is 149 Å². The molecular weight excluding hydrogens is 1110 g/mol. The lowest BCUT2D eigenvalue weighted by Gasteiger charge is -2.49. The lowest BCUT2D eigenvalue weighted by Crippen LogP contribution is -2.51. The van der Waals surface area contributed by atoms with E-state index in [-0.39, 0.29) is 76.8 Å². The lowest BCUT2D eigenvalue weighted by atomic mass is 9.58. The van der Waals surface area contributed by atoms with E-state index in [1.165, 1.54) is 11.8 Å². The van der Waals surface area contributed by atoms with Gasteiger partial charge in [0.15, 0.2) is 0 Å². The first kappa shape index (κ1) is 70.2. The number of carbonyl (C=O) groups excluding carboxylic acids is 5. The summed E-state index contributed by atoms with van der Waals surface area (Å²) in [5, 5.41) is 26.5. The summed E-state index contributed by atoms with van der Waals surface area (Å²) in [5.74, 6) is -6.51. The molecule has 16 nitrogen and oxygen atoms in total. The number of thioether (sulfide) groups is 1. The minimum atomic E-state index is -0.897. The second-order valence-electron chi connectivity index (χ2n) is 31.9. The maximum absolute atomic E-state index is 15.9. The summed E-state index contributed by atoms with van der Waals surface area (Å²) in [4.78, 5) is 108. The van der Waals surface area contributed by atoms with Gasteiger partial charge in [0.2, 0.25) is 11.8 Å². The Labute approximate surface area is 518 Å². The Morgan fingerprint density at radius 1 is 0.640 bits per heavy atom. The van der Waals surface area contributed by atoms with Crippen LogP contribution in [0.15, 0.2) is 21.8 Å². The minimum Gasteiger partial charge on any atom is -0.481 e. The minimum absolute atomic E-state index is 0.0627. The molecule has 0 saturated heterocycles. The zero-order valence-electron chi connectivity index (χ0n) is 55.8. The number of aromatic amines is 1. The Morgan fingerprint density at radius 3 is 1.50 bits per heavy atom. The highest BCUT2D eigenvalue weighted by Gasteiger charge is 2.53. The number of nitrogens with zero attached hydrogens (tertiary/aromatic N) is 1. The summed E-state index contributed by atoms with van der Waals surface area (Å²) < 4.78 is 19.5. The van der Waals surface area contributed by atoms with Gasteiger partial charge in [0.25, 0.3) is 0 Å². The fourth-order valence-electron chi connectivity index (χ4n) is 13.9. The number of aromatic nitrogens is 1. The molecule has 2 amide bonds. The topological polar surface area (TPSA) is 240 Å². The fraction of sp³-hybridized carbons (Fsp3) is 0.768. The zero-order chi connectivity index (χ0) is 64.4. The Bertz CT molecular complexity index is 2710. The van der Waals surface area contributed by atoms with Crippen molar-refractivity contribution in [3.63, 3.8) is 0 Å². The summed E-state index contributed by atoms with van der Waals surface area (Å²) >= 11 is 1.31. The van der Waals surface area contributed by atoms with Crippen molar-refractivity contribution in [2.24, 2.45) is 78.9 Å². The monoisotopic (exact) mass is 1220 g/mol. The number of H-pyrrole nitrogens is 1. The number of amides is 2. The highest BCUT2D eigenvalue weighted by Crippen LogP contribution is 2.53. The number of ether oxygens (including phenoxy) is 3. The molecule has 482 valence electrons. The number of anilines is 1. The maximum atomic E-state index is 15.9. The predicted octanol–water partition coefficient (Wildman–Crippen LogP) is 15.0. The first-order valence-corrected chi connectivity index (χ1v) is 33.3. The van der Waals surface area contributed by atoms with Crippen molar-refractivity contribution in [2.75, 3.05) is 17.7 Å². The summed E-state index contributed by atoms with van der Waals surface area (Å²) in [7, 11) is 0. The number of rotatable bonds is 17. The van der Waals surface area contributed by atoms with Crippen LogP contribution < -0.4 is 10.6 Å². The first-order chi connectivity index (χ1) is 39.7. The zero-order valence-corrected chi connectivity index (χ0v) is 56.6. The van der Waals surface area contributed by atoms with E-state index in [0.717, 1.165) is 64.2 Å². The van der Waals surface area contributed by atoms with Crippen molar-refractivity contribution in [3.05, 3.63) is 33.7 Å². The van der Waals surface area contributed by atoms with E-state index >= 15 is 9.59 Å². The lowest BCUT2D eigenvalue weighted by molar-refractivity contribution is -0.169. The number of carbonyl (C=O) groups is 7. The molecule has 2 heterocycles. The summed E-state index contributed by atoms with van der Waals surface area (Å²) in [6, 6.07) is 0. The predicted molar refractivity (Wildman–Crippen MR) is 340 cm³/mol. The van der Waals surface area contributed by atoms with E-state index in [1.54, 1.807) is 27.7 Å². The van der Waals surface area contributed by atoms with E-state index < -0.39 is 91.6 Å². The molecule has 5 unspecified atom stereocenters. The Morgan fingerprint density at radius 2 is 1.08 bits per heavy atom. The molecule has 1 aliphatic heterocycles. The van der Waals surface area contributed by atoms with E-state index in [1.807, 2.05) is 26.8 Å². The van der Waals surface area contributed by atoms with Gasteiger partial charge in [-0.25, -0.2) is 14.6 Å². The number of allylic oxidation sites excluding steroid dienone is 1. The van der Waals surface area contributed by atoms with Gasteiger partial charge in [-0.15, -0.1) is 11.8 Å². The molecule has 1 aromatic heterocycles. The largest absolute Gasteiger partial charge is 0.481 e. The molecule has 4 fully saturated rings. The number of aliphatic carboxylic acids is 2. The van der Waals surface area contributed by atoms with Gasteiger partial charge in [-0.05, 0) is 129 Å².